The Hall–Kier alpha value is -0.520. The van der Waals surface area contributed by atoms with E-state index in [1.165, 1.54) is 33.4 Å². The van der Waals surface area contributed by atoms with Crippen LogP contribution in [-0.2, 0) is 35.9 Å². The highest BCUT2D eigenvalue weighted by atomic mass is 32.4. The molecule has 0 nitrogen and oxygen atoms in total. The third-order valence-corrected chi connectivity index (χ3v) is 11.8. The fourth-order valence-corrected chi connectivity index (χ4v) is 11.7. The largest absolute Gasteiger partial charge is 0.0885 e. The van der Waals surface area contributed by atoms with Crippen LogP contribution < -0.4 is 0 Å². The van der Waals surface area contributed by atoms with E-state index in [1.807, 2.05) is 0 Å². The fraction of sp³-hybridized carbons (Fsp3) is 0.300. The van der Waals surface area contributed by atoms with Gasteiger partial charge in [-0.25, -0.2) is 0 Å². The van der Waals surface area contributed by atoms with Gasteiger partial charge in [-0.05, 0) is 84.4 Å². The van der Waals surface area contributed by atoms with Gasteiger partial charge in [0, 0.05) is 24.4 Å². The third-order valence-electron chi connectivity index (χ3n) is 4.74. The molecule has 0 N–H and O–H groups in total. The first-order valence-corrected chi connectivity index (χ1v) is 14.5. The Morgan fingerprint density at radius 3 is 1.33 bits per heavy atom. The lowest BCUT2D eigenvalue weighted by molar-refractivity contribution is 1.32. The van der Waals surface area contributed by atoms with Crippen molar-refractivity contribution < 1.29 is 0 Å². The first-order chi connectivity index (χ1) is 11.2. The van der Waals surface area contributed by atoms with Gasteiger partial charge in [0.15, 0.2) is 0 Å². The molecule has 0 unspecified atom stereocenters. The molecule has 0 radical (unpaired) electrons. The summed E-state index contributed by atoms with van der Waals surface area (Å²) in [6.07, 6.45) is 1.97. The Morgan fingerprint density at radius 1 is 0.667 bits per heavy atom. The van der Waals surface area contributed by atoms with Crippen molar-refractivity contribution in [3.05, 3.63) is 81.0 Å². The highest BCUT2D eigenvalue weighted by Gasteiger charge is 2.21. The van der Waals surface area contributed by atoms with Crippen LogP contribution in [0.4, 0.5) is 0 Å². The maximum Gasteiger partial charge on any atom is 0.00834 e. The van der Waals surface area contributed by atoms with Crippen LogP contribution in [0.15, 0.2) is 69.8 Å². The molecule has 2 heterocycles. The summed E-state index contributed by atoms with van der Waals surface area (Å²) in [5, 5.41) is 0. The zero-order chi connectivity index (χ0) is 17.5. The molecule has 0 bridgehead atoms. The van der Waals surface area contributed by atoms with Crippen molar-refractivity contribution in [2.75, 3.05) is 0 Å². The molecular formula is C20H24P2S2. The molecule has 0 amide bonds. The Morgan fingerprint density at radius 2 is 1.00 bits per heavy atom. The van der Waals surface area contributed by atoms with E-state index >= 15 is 0 Å². The Labute approximate surface area is 156 Å². The summed E-state index contributed by atoms with van der Waals surface area (Å²) < 4.78 is 0. The molecule has 0 fully saturated rings. The number of allylic oxidation sites excluding steroid dienone is 4. The molecule has 126 valence electrons. The lowest BCUT2D eigenvalue weighted by atomic mass is 10.2. The molecule has 0 saturated heterocycles. The van der Waals surface area contributed by atoms with E-state index in [0.29, 0.717) is 0 Å². The van der Waals surface area contributed by atoms with Crippen molar-refractivity contribution >= 4 is 35.7 Å². The minimum absolute atomic E-state index is 0.984. The summed E-state index contributed by atoms with van der Waals surface area (Å²) in [7, 11) is 0. The molecule has 2 aliphatic heterocycles. The van der Waals surface area contributed by atoms with Crippen molar-refractivity contribution in [3.8, 4) is 0 Å². The van der Waals surface area contributed by atoms with E-state index in [2.05, 4.69) is 75.2 Å². The Bertz CT molecular complexity index is 798. The second-order valence-electron chi connectivity index (χ2n) is 7.09. The van der Waals surface area contributed by atoms with Crippen LogP contribution in [0, 0.1) is 0 Å². The minimum Gasteiger partial charge on any atom is -0.0885 e. The average molecular weight is 390 g/mol. The van der Waals surface area contributed by atoms with Crippen LogP contribution in [0.3, 0.4) is 0 Å². The van der Waals surface area contributed by atoms with Crippen LogP contribution in [0.1, 0.15) is 38.8 Å². The van der Waals surface area contributed by atoms with Crippen LogP contribution >= 0.6 is 12.1 Å². The highest BCUT2D eigenvalue weighted by Crippen LogP contribution is 2.60. The Kier molecular flexibility index (Phi) is 5.07. The van der Waals surface area contributed by atoms with E-state index < -0.39 is 12.1 Å². The number of benzene rings is 1. The molecular weight excluding hydrogens is 366 g/mol. The highest BCUT2D eigenvalue weighted by molar-refractivity contribution is 8.17. The molecule has 0 spiro atoms. The van der Waals surface area contributed by atoms with Gasteiger partial charge in [0.2, 0.25) is 0 Å². The van der Waals surface area contributed by atoms with E-state index in [0.717, 1.165) is 12.3 Å². The van der Waals surface area contributed by atoms with Gasteiger partial charge < -0.3 is 0 Å². The minimum atomic E-state index is -1.53. The maximum absolute atomic E-state index is 5.97. The summed E-state index contributed by atoms with van der Waals surface area (Å²) in [4.78, 5) is 0. The van der Waals surface area contributed by atoms with Gasteiger partial charge in [-0.3, -0.25) is 0 Å². The zero-order valence-corrected chi connectivity index (χ0v) is 18.2. The number of rotatable bonds is 4. The zero-order valence-electron chi connectivity index (χ0n) is 14.7. The van der Waals surface area contributed by atoms with Crippen molar-refractivity contribution in [1.82, 2.24) is 0 Å². The normalized spacial score (nSPS) is 21.2. The van der Waals surface area contributed by atoms with Crippen LogP contribution in [0.5, 0.6) is 0 Å². The van der Waals surface area contributed by atoms with E-state index in [4.69, 9.17) is 23.6 Å². The molecule has 0 aromatic heterocycles. The lowest BCUT2D eigenvalue weighted by Gasteiger charge is -2.15. The molecule has 3 rings (SSSR count). The van der Waals surface area contributed by atoms with Crippen molar-refractivity contribution in [2.24, 2.45) is 0 Å². The molecule has 2 aliphatic rings. The lowest BCUT2D eigenvalue weighted by Crippen LogP contribution is -1.89. The summed E-state index contributed by atoms with van der Waals surface area (Å²) >= 11 is 11.9. The summed E-state index contributed by atoms with van der Waals surface area (Å²) in [6, 6.07) is 5.87. The first-order valence-electron chi connectivity index (χ1n) is 8.21. The van der Waals surface area contributed by atoms with Crippen molar-refractivity contribution in [2.45, 2.75) is 40.0 Å². The summed E-state index contributed by atoms with van der Waals surface area (Å²) in [5.74, 6) is 9.34. The van der Waals surface area contributed by atoms with Crippen molar-refractivity contribution in [3.63, 3.8) is 0 Å². The molecule has 1 aromatic carbocycles. The molecule has 0 aliphatic carbocycles. The van der Waals surface area contributed by atoms with Gasteiger partial charge in [0.05, 0.1) is 0 Å². The quantitative estimate of drug-likeness (QED) is 0.495. The fourth-order valence-electron chi connectivity index (χ4n) is 3.37. The van der Waals surface area contributed by atoms with Gasteiger partial charge in [-0.15, -0.1) is 0 Å². The van der Waals surface area contributed by atoms with Crippen LogP contribution in [-0.4, -0.2) is 0 Å². The predicted molar refractivity (Wildman–Crippen MR) is 117 cm³/mol. The topological polar surface area (TPSA) is 0 Å². The van der Waals surface area contributed by atoms with Crippen LogP contribution in [0.2, 0.25) is 0 Å². The first kappa shape index (κ1) is 18.3. The smallest absolute Gasteiger partial charge is 0.00834 e. The molecule has 0 atom stereocenters. The third kappa shape index (κ3) is 4.00. The van der Waals surface area contributed by atoms with Gasteiger partial charge >= 0.3 is 0 Å². The van der Waals surface area contributed by atoms with Gasteiger partial charge in [0.1, 0.15) is 0 Å². The van der Waals surface area contributed by atoms with Crippen molar-refractivity contribution in [1.29, 1.82) is 0 Å². The summed E-state index contributed by atoms with van der Waals surface area (Å²) in [5.41, 5.74) is 8.14. The average Bonchev–Trinajstić information content (AvgIpc) is 2.85. The number of hydrogen-bond acceptors (Lipinski definition) is 2. The SMILES string of the molecule is CC1=CP(=S)(Cc2cccc(CP3(=S)C=C(C)C(C)=C3)c2)C=C1C. The molecule has 1 aromatic rings. The predicted octanol–water partition coefficient (Wildman–Crippen LogP) is 7.29. The van der Waals surface area contributed by atoms with Gasteiger partial charge in [0.25, 0.3) is 0 Å². The van der Waals surface area contributed by atoms with E-state index in [9.17, 15) is 0 Å². The second-order valence-corrected chi connectivity index (χ2v) is 16.3. The van der Waals surface area contributed by atoms with E-state index in [-0.39, 0.29) is 0 Å². The van der Waals surface area contributed by atoms with Gasteiger partial charge in [-0.1, -0.05) is 47.9 Å². The maximum atomic E-state index is 5.97. The molecule has 24 heavy (non-hydrogen) atoms. The Balaban J connectivity index is 1.82. The van der Waals surface area contributed by atoms with E-state index in [1.54, 1.807) is 0 Å². The summed E-state index contributed by atoms with van der Waals surface area (Å²) in [6.45, 7) is 8.69. The standard InChI is InChI=1S/C20H24P2S2/c1-15-9-21(23,10-16(15)2)13-19-6-5-7-20(8-19)14-22(24)11-17(3)18(4)12-22/h5-12H,13-14H2,1-4H3. The molecule has 4 heteroatoms. The monoisotopic (exact) mass is 390 g/mol. The number of hydrogen-bond donors (Lipinski definition) is 0. The molecule has 0 saturated carbocycles. The van der Waals surface area contributed by atoms with Gasteiger partial charge in [-0.2, -0.15) is 0 Å². The second kappa shape index (κ2) is 6.65. The van der Waals surface area contributed by atoms with Crippen LogP contribution in [0.25, 0.3) is 0 Å².